The monoisotopic (exact) mass is 351 g/mol. The molecule has 1 aliphatic rings. The number of carbonyl (C=O) groups excluding carboxylic acids is 3. The van der Waals surface area contributed by atoms with Crippen molar-refractivity contribution in [1.82, 2.24) is 10.2 Å². The van der Waals surface area contributed by atoms with Gasteiger partial charge in [-0.3, -0.25) is 9.59 Å². The molecule has 1 aliphatic heterocycles. The van der Waals surface area contributed by atoms with Gasteiger partial charge in [0.15, 0.2) is 0 Å². The molecule has 0 fully saturated rings. The molecule has 2 rings (SSSR count). The second-order valence-corrected chi connectivity index (χ2v) is 5.19. The van der Waals surface area contributed by atoms with Gasteiger partial charge in [-0.2, -0.15) is 0 Å². The van der Waals surface area contributed by atoms with Crippen LogP contribution in [0.2, 0.25) is 0 Å². The molecule has 1 aromatic carbocycles. The van der Waals surface area contributed by atoms with Crippen molar-refractivity contribution in [1.29, 1.82) is 0 Å². The quantitative estimate of drug-likeness (QED) is 0.616. The molecule has 8 nitrogen and oxygen atoms in total. The normalized spacial score (nSPS) is 13.9. The molecule has 134 valence electrons. The van der Waals surface area contributed by atoms with Crippen molar-refractivity contribution < 1.29 is 28.6 Å². The molecule has 9 heteroatoms. The Labute approximate surface area is 143 Å². The number of β-amino-alcohol motifs (C(OH)–C–C–N with tert-alkyl or cyclic N) is 1. The Bertz CT molecular complexity index is 747. The summed E-state index contributed by atoms with van der Waals surface area (Å²) in [6.45, 7) is -0.222. The Morgan fingerprint density at radius 2 is 2.12 bits per heavy atom. The van der Waals surface area contributed by atoms with E-state index in [1.165, 1.54) is 31.2 Å². The van der Waals surface area contributed by atoms with Crippen LogP contribution in [0.5, 0.6) is 0 Å². The molecule has 0 aromatic heterocycles. The second-order valence-electron chi connectivity index (χ2n) is 5.19. The first kappa shape index (κ1) is 18.4. The van der Waals surface area contributed by atoms with Crippen LogP contribution in [0.1, 0.15) is 10.4 Å². The fraction of sp³-hybridized carbons (Fsp3) is 0.312. The Morgan fingerprint density at radius 1 is 1.40 bits per heavy atom. The first-order valence-electron chi connectivity index (χ1n) is 7.43. The van der Waals surface area contributed by atoms with Crippen LogP contribution in [0.25, 0.3) is 0 Å². The average molecular weight is 351 g/mol. The van der Waals surface area contributed by atoms with Crippen molar-refractivity contribution in [2.75, 3.05) is 39.2 Å². The van der Waals surface area contributed by atoms with E-state index in [9.17, 15) is 18.8 Å². The summed E-state index contributed by atoms with van der Waals surface area (Å²) in [7, 11) is 2.56. The molecule has 0 spiro atoms. The zero-order chi connectivity index (χ0) is 18.6. The van der Waals surface area contributed by atoms with Crippen molar-refractivity contribution in [3.8, 4) is 0 Å². The highest BCUT2D eigenvalue weighted by Gasteiger charge is 2.34. The molecular weight excluding hydrogens is 333 g/mol. The van der Waals surface area contributed by atoms with Crippen LogP contribution in [-0.4, -0.2) is 61.6 Å². The molecule has 0 radical (unpaired) electrons. The number of methoxy groups -OCH3 is 1. The van der Waals surface area contributed by atoms with E-state index in [2.05, 4.69) is 15.4 Å². The summed E-state index contributed by atoms with van der Waals surface area (Å²) in [6, 6.07) is 3.65. The molecular formula is C16H18FN3O5. The predicted molar refractivity (Wildman–Crippen MR) is 86.1 cm³/mol. The summed E-state index contributed by atoms with van der Waals surface area (Å²) in [5, 5.41) is 14.1. The van der Waals surface area contributed by atoms with Crippen LogP contribution in [0.4, 0.5) is 10.1 Å². The number of benzene rings is 1. The predicted octanol–water partition coefficient (Wildman–Crippen LogP) is -0.141. The van der Waals surface area contributed by atoms with E-state index >= 15 is 0 Å². The number of nitrogens with one attached hydrogen (secondary N) is 2. The highest BCUT2D eigenvalue weighted by molar-refractivity contribution is 6.08. The number of ether oxygens (including phenoxy) is 1. The number of carbonyl (C=O) groups is 3. The van der Waals surface area contributed by atoms with Gasteiger partial charge in [-0.1, -0.05) is 0 Å². The number of halogens is 1. The minimum atomic E-state index is -0.716. The lowest BCUT2D eigenvalue weighted by Gasteiger charge is -2.15. The number of esters is 1. The smallest absolute Gasteiger partial charge is 0.337 e. The van der Waals surface area contributed by atoms with Crippen LogP contribution in [0, 0.1) is 5.82 Å². The lowest BCUT2D eigenvalue weighted by Crippen LogP contribution is -2.31. The lowest BCUT2D eigenvalue weighted by atomic mass is 10.1. The van der Waals surface area contributed by atoms with Crippen LogP contribution in [0.15, 0.2) is 29.5 Å². The molecule has 0 saturated carbocycles. The van der Waals surface area contributed by atoms with Crippen LogP contribution in [0.3, 0.4) is 0 Å². The van der Waals surface area contributed by atoms with E-state index in [-0.39, 0.29) is 42.2 Å². The summed E-state index contributed by atoms with van der Waals surface area (Å²) in [4.78, 5) is 37.3. The summed E-state index contributed by atoms with van der Waals surface area (Å²) < 4.78 is 18.4. The number of anilines is 1. The van der Waals surface area contributed by atoms with Gasteiger partial charge >= 0.3 is 5.97 Å². The third-order valence-corrected chi connectivity index (χ3v) is 3.66. The molecule has 1 heterocycles. The fourth-order valence-electron chi connectivity index (χ4n) is 2.40. The standard InChI is InChI=1S/C16H18FN3O5/c1-18-14(22)10-7-9(3-4-12(10)17)19-13-11(16(24)25-2)8-20(5-6-21)15(13)23/h3-4,7,19,21H,5-6,8H2,1-2H3,(H,18,22). The van der Waals surface area contributed by atoms with Gasteiger partial charge in [-0.25, -0.2) is 9.18 Å². The zero-order valence-electron chi connectivity index (χ0n) is 13.8. The highest BCUT2D eigenvalue weighted by atomic mass is 19.1. The molecule has 0 unspecified atom stereocenters. The van der Waals surface area contributed by atoms with Crippen molar-refractivity contribution in [2.24, 2.45) is 0 Å². The van der Waals surface area contributed by atoms with Crippen molar-refractivity contribution in [3.63, 3.8) is 0 Å². The maximum Gasteiger partial charge on any atom is 0.337 e. The zero-order valence-corrected chi connectivity index (χ0v) is 13.8. The average Bonchev–Trinajstić information content (AvgIpc) is 2.92. The van der Waals surface area contributed by atoms with E-state index in [4.69, 9.17) is 5.11 Å². The summed E-state index contributed by atoms with van der Waals surface area (Å²) in [5.74, 6) is -2.53. The van der Waals surface area contributed by atoms with Gasteiger partial charge in [-0.05, 0) is 18.2 Å². The largest absolute Gasteiger partial charge is 0.466 e. The fourth-order valence-corrected chi connectivity index (χ4v) is 2.40. The number of aliphatic hydroxyl groups excluding tert-OH is 1. The molecule has 2 amide bonds. The molecule has 25 heavy (non-hydrogen) atoms. The Morgan fingerprint density at radius 3 is 2.72 bits per heavy atom. The van der Waals surface area contributed by atoms with Gasteiger partial charge in [-0.15, -0.1) is 0 Å². The third kappa shape index (κ3) is 3.77. The van der Waals surface area contributed by atoms with E-state index < -0.39 is 23.6 Å². The van der Waals surface area contributed by atoms with E-state index in [0.717, 1.165) is 6.07 Å². The van der Waals surface area contributed by atoms with Crippen molar-refractivity contribution >= 4 is 23.5 Å². The van der Waals surface area contributed by atoms with Gasteiger partial charge in [0.05, 0.1) is 31.4 Å². The lowest BCUT2D eigenvalue weighted by molar-refractivity contribution is -0.136. The SMILES string of the molecule is CNC(=O)c1cc(NC2=C(C(=O)OC)CN(CCO)C2=O)ccc1F. The van der Waals surface area contributed by atoms with Gasteiger partial charge in [0, 0.05) is 19.3 Å². The number of amides is 2. The number of hydrogen-bond donors (Lipinski definition) is 3. The van der Waals surface area contributed by atoms with Crippen molar-refractivity contribution in [3.05, 3.63) is 40.8 Å². The van der Waals surface area contributed by atoms with E-state index in [1.807, 2.05) is 0 Å². The number of aliphatic hydroxyl groups is 1. The topological polar surface area (TPSA) is 108 Å². The summed E-state index contributed by atoms with van der Waals surface area (Å²) in [6.07, 6.45) is 0. The Kier molecular flexibility index (Phi) is 5.71. The summed E-state index contributed by atoms with van der Waals surface area (Å²) >= 11 is 0. The van der Waals surface area contributed by atoms with Crippen LogP contribution < -0.4 is 10.6 Å². The van der Waals surface area contributed by atoms with Gasteiger partial charge in [0.2, 0.25) is 0 Å². The first-order valence-corrected chi connectivity index (χ1v) is 7.43. The third-order valence-electron chi connectivity index (χ3n) is 3.66. The maximum atomic E-state index is 13.7. The number of nitrogens with zero attached hydrogens (tertiary/aromatic N) is 1. The van der Waals surface area contributed by atoms with Gasteiger partial charge < -0.3 is 25.4 Å². The van der Waals surface area contributed by atoms with Gasteiger partial charge in [0.1, 0.15) is 11.5 Å². The molecule has 0 aliphatic carbocycles. The molecule has 3 N–H and O–H groups in total. The molecule has 0 atom stereocenters. The first-order chi connectivity index (χ1) is 11.9. The van der Waals surface area contributed by atoms with Crippen LogP contribution in [-0.2, 0) is 14.3 Å². The van der Waals surface area contributed by atoms with Gasteiger partial charge in [0.25, 0.3) is 11.8 Å². The molecule has 0 saturated heterocycles. The number of rotatable bonds is 6. The summed E-state index contributed by atoms with van der Waals surface area (Å²) in [5.41, 5.74) is 0.113. The van der Waals surface area contributed by atoms with Crippen LogP contribution >= 0.6 is 0 Å². The Balaban J connectivity index is 2.37. The molecule has 1 aromatic rings. The maximum absolute atomic E-state index is 13.7. The number of hydrogen-bond acceptors (Lipinski definition) is 6. The molecule has 0 bridgehead atoms. The Hall–Kier alpha value is -2.94. The minimum Gasteiger partial charge on any atom is -0.466 e. The van der Waals surface area contributed by atoms with Crippen molar-refractivity contribution in [2.45, 2.75) is 0 Å². The second kappa shape index (κ2) is 7.75. The van der Waals surface area contributed by atoms with E-state index in [1.54, 1.807) is 0 Å². The minimum absolute atomic E-state index is 0.0160. The highest BCUT2D eigenvalue weighted by Crippen LogP contribution is 2.24. The van der Waals surface area contributed by atoms with E-state index in [0.29, 0.717) is 0 Å².